The van der Waals surface area contributed by atoms with Gasteiger partial charge in [0, 0.05) is 12.1 Å². The smallest absolute Gasteiger partial charge is 0.311 e. The molecule has 2 atom stereocenters. The van der Waals surface area contributed by atoms with Crippen LogP contribution in [0.1, 0.15) is 42.7 Å². The van der Waals surface area contributed by atoms with Crippen molar-refractivity contribution in [1.29, 1.82) is 0 Å². The number of nitrogens with one attached hydrogen (secondary N) is 1. The van der Waals surface area contributed by atoms with Crippen molar-refractivity contribution in [3.8, 4) is 0 Å². The lowest BCUT2D eigenvalue weighted by Crippen LogP contribution is -2.37. The summed E-state index contributed by atoms with van der Waals surface area (Å²) in [5, 5.41) is 3.47. The fraction of sp³-hybridized carbons (Fsp3) is 0.571. The van der Waals surface area contributed by atoms with E-state index in [9.17, 15) is 13.2 Å². The van der Waals surface area contributed by atoms with E-state index in [1.165, 1.54) is 12.1 Å². The average molecular weight is 255 g/mol. The van der Waals surface area contributed by atoms with Gasteiger partial charge in [0.15, 0.2) is 0 Å². The zero-order valence-corrected chi connectivity index (χ0v) is 10.0. The zero-order valence-electron chi connectivity index (χ0n) is 10.0. The highest BCUT2D eigenvalue weighted by atomic mass is 19.4. The lowest BCUT2D eigenvalue weighted by Gasteiger charge is -2.31. The van der Waals surface area contributed by atoms with Crippen LogP contribution in [0.25, 0.3) is 0 Å². The van der Waals surface area contributed by atoms with Crippen LogP contribution in [-0.2, 0) is 6.18 Å². The largest absolute Gasteiger partial charge is 0.416 e. The summed E-state index contributed by atoms with van der Waals surface area (Å²) in [5.74, 6) is 0.0570. The maximum Gasteiger partial charge on any atom is 0.416 e. The monoisotopic (exact) mass is 255 g/mol. The molecule has 2 saturated heterocycles. The van der Waals surface area contributed by atoms with Gasteiger partial charge in [-0.15, -0.1) is 0 Å². The van der Waals surface area contributed by atoms with Gasteiger partial charge in [-0.25, -0.2) is 0 Å². The summed E-state index contributed by atoms with van der Waals surface area (Å²) in [6.07, 6.45) is -0.349. The molecular weight excluding hydrogens is 239 g/mol. The summed E-state index contributed by atoms with van der Waals surface area (Å²) >= 11 is 0. The lowest BCUT2D eigenvalue weighted by molar-refractivity contribution is -0.138. The van der Waals surface area contributed by atoms with E-state index in [1.54, 1.807) is 12.1 Å². The Labute approximate surface area is 104 Å². The van der Waals surface area contributed by atoms with Crippen molar-refractivity contribution in [3.63, 3.8) is 0 Å². The van der Waals surface area contributed by atoms with E-state index in [-0.39, 0.29) is 5.92 Å². The van der Waals surface area contributed by atoms with E-state index in [4.69, 9.17) is 0 Å². The molecule has 0 aromatic heterocycles. The molecule has 2 aliphatic heterocycles. The van der Waals surface area contributed by atoms with Crippen LogP contribution in [-0.4, -0.2) is 12.1 Å². The first-order chi connectivity index (χ1) is 8.54. The second-order valence-electron chi connectivity index (χ2n) is 5.39. The predicted octanol–water partition coefficient (Wildman–Crippen LogP) is 3.70. The maximum atomic E-state index is 13.0. The summed E-state index contributed by atoms with van der Waals surface area (Å²) in [7, 11) is 0. The normalized spacial score (nSPS) is 31.6. The molecule has 98 valence electrons. The van der Waals surface area contributed by atoms with Gasteiger partial charge in [0.05, 0.1) is 5.56 Å². The maximum absolute atomic E-state index is 13.0. The number of hydrogen-bond acceptors (Lipinski definition) is 1. The van der Waals surface area contributed by atoms with Crippen LogP contribution in [0.2, 0.25) is 0 Å². The Morgan fingerprint density at radius 3 is 2.22 bits per heavy atom. The van der Waals surface area contributed by atoms with Crippen molar-refractivity contribution >= 4 is 0 Å². The first-order valence-corrected chi connectivity index (χ1v) is 6.46. The SMILES string of the molecule is FC(F)(F)c1ccccc1C1CC2CCC(C1)N2. The highest BCUT2D eigenvalue weighted by Crippen LogP contribution is 2.42. The second-order valence-corrected chi connectivity index (χ2v) is 5.39. The molecule has 0 radical (unpaired) electrons. The minimum Gasteiger partial charge on any atom is -0.311 e. The molecule has 2 fully saturated rings. The third-order valence-corrected chi connectivity index (χ3v) is 4.18. The number of fused-ring (bicyclic) bond motifs is 2. The van der Waals surface area contributed by atoms with Crippen LogP contribution in [0.3, 0.4) is 0 Å². The summed E-state index contributed by atoms with van der Waals surface area (Å²) in [4.78, 5) is 0. The highest BCUT2D eigenvalue weighted by Gasteiger charge is 2.39. The van der Waals surface area contributed by atoms with Gasteiger partial charge < -0.3 is 5.32 Å². The molecule has 1 N–H and O–H groups in total. The topological polar surface area (TPSA) is 12.0 Å². The van der Waals surface area contributed by atoms with Gasteiger partial charge in [0.2, 0.25) is 0 Å². The number of rotatable bonds is 1. The minimum absolute atomic E-state index is 0.0570. The van der Waals surface area contributed by atoms with Gasteiger partial charge in [0.25, 0.3) is 0 Å². The molecule has 4 heteroatoms. The number of halogens is 3. The van der Waals surface area contributed by atoms with E-state index in [1.807, 2.05) is 0 Å². The van der Waals surface area contributed by atoms with Gasteiger partial charge in [-0.1, -0.05) is 18.2 Å². The Kier molecular flexibility index (Phi) is 2.85. The van der Waals surface area contributed by atoms with Crippen molar-refractivity contribution in [1.82, 2.24) is 5.32 Å². The van der Waals surface area contributed by atoms with E-state index in [2.05, 4.69) is 5.32 Å². The Morgan fingerprint density at radius 1 is 1.00 bits per heavy atom. The Morgan fingerprint density at radius 2 is 1.61 bits per heavy atom. The Hall–Kier alpha value is -1.03. The molecule has 0 amide bonds. The Balaban J connectivity index is 1.92. The summed E-state index contributed by atoms with van der Waals surface area (Å²) in [6, 6.07) is 6.87. The molecule has 0 aliphatic carbocycles. The molecule has 2 unspecified atom stereocenters. The van der Waals surface area contributed by atoms with Crippen LogP contribution < -0.4 is 5.32 Å². The van der Waals surface area contributed by atoms with Gasteiger partial charge in [-0.05, 0) is 43.2 Å². The number of alkyl halides is 3. The molecule has 2 bridgehead atoms. The molecule has 1 nitrogen and oxygen atoms in total. The molecular formula is C14H16F3N. The summed E-state index contributed by atoms with van der Waals surface area (Å²) < 4.78 is 39.0. The molecule has 2 heterocycles. The fourth-order valence-electron chi connectivity index (χ4n) is 3.42. The summed E-state index contributed by atoms with van der Waals surface area (Å²) in [5.41, 5.74) is 0.0414. The number of hydrogen-bond donors (Lipinski definition) is 1. The third kappa shape index (κ3) is 2.14. The molecule has 1 aromatic carbocycles. The van der Waals surface area contributed by atoms with Gasteiger partial charge in [0.1, 0.15) is 0 Å². The van der Waals surface area contributed by atoms with E-state index >= 15 is 0 Å². The van der Waals surface area contributed by atoms with Crippen molar-refractivity contribution in [2.24, 2.45) is 0 Å². The van der Waals surface area contributed by atoms with Crippen molar-refractivity contribution in [2.45, 2.75) is 49.9 Å². The standard InChI is InChI=1S/C14H16F3N/c15-14(16,17)13-4-2-1-3-12(13)9-7-10-5-6-11(8-9)18-10/h1-4,9-11,18H,5-8H2. The van der Waals surface area contributed by atoms with Crippen molar-refractivity contribution in [2.75, 3.05) is 0 Å². The lowest BCUT2D eigenvalue weighted by atomic mass is 9.84. The van der Waals surface area contributed by atoms with Gasteiger partial charge in [-0.2, -0.15) is 13.2 Å². The van der Waals surface area contributed by atoms with E-state index < -0.39 is 11.7 Å². The molecule has 2 aliphatic rings. The van der Waals surface area contributed by atoms with Crippen LogP contribution in [0, 0.1) is 0 Å². The van der Waals surface area contributed by atoms with Gasteiger partial charge >= 0.3 is 6.18 Å². The van der Waals surface area contributed by atoms with Gasteiger partial charge in [-0.3, -0.25) is 0 Å². The van der Waals surface area contributed by atoms with Crippen LogP contribution in [0.4, 0.5) is 13.2 Å². The number of piperidine rings is 1. The van der Waals surface area contributed by atoms with Crippen molar-refractivity contribution < 1.29 is 13.2 Å². The zero-order chi connectivity index (χ0) is 12.8. The first-order valence-electron chi connectivity index (χ1n) is 6.46. The van der Waals surface area contributed by atoms with Crippen LogP contribution in [0.5, 0.6) is 0 Å². The predicted molar refractivity (Wildman–Crippen MR) is 63.4 cm³/mol. The van der Waals surface area contributed by atoms with Crippen LogP contribution >= 0.6 is 0 Å². The third-order valence-electron chi connectivity index (χ3n) is 4.18. The Bertz CT molecular complexity index is 429. The van der Waals surface area contributed by atoms with Crippen molar-refractivity contribution in [3.05, 3.63) is 35.4 Å². The van der Waals surface area contributed by atoms with E-state index in [0.717, 1.165) is 25.7 Å². The molecule has 0 saturated carbocycles. The number of benzene rings is 1. The first kappa shape index (κ1) is 12.0. The summed E-state index contributed by atoms with van der Waals surface area (Å²) in [6.45, 7) is 0. The fourth-order valence-corrected chi connectivity index (χ4v) is 3.42. The average Bonchev–Trinajstić information content (AvgIpc) is 2.67. The second kappa shape index (κ2) is 4.26. The molecule has 18 heavy (non-hydrogen) atoms. The van der Waals surface area contributed by atoms with E-state index in [0.29, 0.717) is 17.6 Å². The highest BCUT2D eigenvalue weighted by molar-refractivity contribution is 5.33. The molecule has 1 aromatic rings. The molecule has 0 spiro atoms. The quantitative estimate of drug-likeness (QED) is 0.806. The molecule has 3 rings (SSSR count). The minimum atomic E-state index is -4.24. The van der Waals surface area contributed by atoms with Crippen LogP contribution in [0.15, 0.2) is 24.3 Å².